The highest BCUT2D eigenvalue weighted by Gasteiger charge is 2.23. The van der Waals surface area contributed by atoms with Crippen LogP contribution >= 0.6 is 23.2 Å². The van der Waals surface area contributed by atoms with E-state index in [0.717, 1.165) is 18.4 Å². The summed E-state index contributed by atoms with van der Waals surface area (Å²) in [4.78, 5) is 23.7. The van der Waals surface area contributed by atoms with Gasteiger partial charge in [-0.2, -0.15) is 0 Å². The van der Waals surface area contributed by atoms with Gasteiger partial charge in [0.25, 0.3) is 0 Å². The Bertz CT molecular complexity index is 557. The molecule has 2 rings (SSSR count). The van der Waals surface area contributed by atoms with Crippen LogP contribution in [0.25, 0.3) is 0 Å². The number of nitrogens with two attached hydrogens (primary N) is 1. The summed E-state index contributed by atoms with van der Waals surface area (Å²) < 4.78 is 0. The number of amides is 2. The molecule has 22 heavy (non-hydrogen) atoms. The van der Waals surface area contributed by atoms with Crippen molar-refractivity contribution in [3.8, 4) is 0 Å². The molecule has 0 spiro atoms. The van der Waals surface area contributed by atoms with Gasteiger partial charge in [-0.1, -0.05) is 42.1 Å². The van der Waals surface area contributed by atoms with Crippen LogP contribution in [0.3, 0.4) is 0 Å². The second-order valence-corrected chi connectivity index (χ2v) is 6.66. The van der Waals surface area contributed by atoms with Gasteiger partial charge in [0.2, 0.25) is 11.8 Å². The molecule has 0 bridgehead atoms. The predicted molar refractivity (Wildman–Crippen MR) is 87.9 cm³/mol. The lowest BCUT2D eigenvalue weighted by Crippen LogP contribution is -2.46. The molecule has 0 aliphatic heterocycles. The maximum Gasteiger partial charge on any atom is 0.240 e. The molecule has 1 atom stereocenters. The van der Waals surface area contributed by atoms with E-state index < -0.39 is 11.9 Å². The van der Waals surface area contributed by atoms with Crippen LogP contribution in [-0.2, 0) is 16.0 Å². The van der Waals surface area contributed by atoms with Crippen LogP contribution in [0.2, 0.25) is 10.0 Å². The standard InChI is InChI=1S/C16H20Cl2N2O2/c17-12-6-5-11(13(18)9-12)8-14(16(19)22)20-15(21)7-10-3-1-2-4-10/h5-6,9-10,14H,1-4,7-8H2,(H2,19,22)(H,20,21)/t14-/m1/s1. The van der Waals surface area contributed by atoms with Crippen molar-refractivity contribution in [1.82, 2.24) is 5.32 Å². The van der Waals surface area contributed by atoms with E-state index in [1.165, 1.54) is 12.8 Å². The Morgan fingerprint density at radius 1 is 1.27 bits per heavy atom. The summed E-state index contributed by atoms with van der Waals surface area (Å²) >= 11 is 12.0. The summed E-state index contributed by atoms with van der Waals surface area (Å²) in [5.74, 6) is -0.265. The zero-order valence-corrected chi connectivity index (χ0v) is 13.8. The van der Waals surface area contributed by atoms with E-state index in [4.69, 9.17) is 28.9 Å². The fraction of sp³-hybridized carbons (Fsp3) is 0.500. The van der Waals surface area contributed by atoms with Crippen LogP contribution in [0.15, 0.2) is 18.2 Å². The van der Waals surface area contributed by atoms with Crippen LogP contribution in [0.5, 0.6) is 0 Å². The average Bonchev–Trinajstić information content (AvgIpc) is 2.93. The van der Waals surface area contributed by atoms with Crippen molar-refractivity contribution < 1.29 is 9.59 Å². The Kier molecular flexibility index (Phi) is 6.09. The summed E-state index contributed by atoms with van der Waals surface area (Å²) in [5, 5.41) is 3.71. The van der Waals surface area contributed by atoms with Gasteiger partial charge in [0.05, 0.1) is 0 Å². The molecule has 1 saturated carbocycles. The molecule has 1 aromatic rings. The Labute approximate surface area is 140 Å². The molecular weight excluding hydrogens is 323 g/mol. The van der Waals surface area contributed by atoms with E-state index in [0.29, 0.717) is 22.4 Å². The van der Waals surface area contributed by atoms with Crippen molar-refractivity contribution in [2.24, 2.45) is 11.7 Å². The highest BCUT2D eigenvalue weighted by Crippen LogP contribution is 2.27. The van der Waals surface area contributed by atoms with E-state index in [1.807, 2.05) is 0 Å². The zero-order valence-electron chi connectivity index (χ0n) is 12.3. The number of nitrogens with one attached hydrogen (secondary N) is 1. The maximum absolute atomic E-state index is 12.1. The molecule has 0 radical (unpaired) electrons. The van der Waals surface area contributed by atoms with Crippen LogP contribution in [0.1, 0.15) is 37.7 Å². The summed E-state index contributed by atoms with van der Waals surface area (Å²) in [6.07, 6.45) is 5.24. The molecule has 1 fully saturated rings. The van der Waals surface area contributed by atoms with Crippen molar-refractivity contribution >= 4 is 35.0 Å². The third-order valence-corrected chi connectivity index (χ3v) is 4.65. The summed E-state index contributed by atoms with van der Waals surface area (Å²) in [6, 6.07) is 4.29. The second-order valence-electron chi connectivity index (χ2n) is 5.82. The third-order valence-electron chi connectivity index (χ3n) is 4.07. The summed E-state index contributed by atoms with van der Waals surface area (Å²) in [7, 11) is 0. The monoisotopic (exact) mass is 342 g/mol. The topological polar surface area (TPSA) is 72.2 Å². The fourth-order valence-electron chi connectivity index (χ4n) is 2.86. The number of primary amides is 1. The van der Waals surface area contributed by atoms with Gasteiger partial charge in [0.15, 0.2) is 0 Å². The highest BCUT2D eigenvalue weighted by molar-refractivity contribution is 6.35. The molecular formula is C16H20Cl2N2O2. The minimum Gasteiger partial charge on any atom is -0.368 e. The van der Waals surface area contributed by atoms with Gasteiger partial charge < -0.3 is 11.1 Å². The smallest absolute Gasteiger partial charge is 0.240 e. The van der Waals surface area contributed by atoms with Crippen molar-refractivity contribution in [2.45, 2.75) is 44.6 Å². The number of benzene rings is 1. The van der Waals surface area contributed by atoms with E-state index in [2.05, 4.69) is 5.32 Å². The molecule has 4 nitrogen and oxygen atoms in total. The number of hydrogen-bond donors (Lipinski definition) is 2. The van der Waals surface area contributed by atoms with Gasteiger partial charge in [-0.3, -0.25) is 9.59 Å². The normalized spacial score (nSPS) is 16.5. The van der Waals surface area contributed by atoms with Crippen molar-refractivity contribution in [3.63, 3.8) is 0 Å². The van der Waals surface area contributed by atoms with Gasteiger partial charge >= 0.3 is 0 Å². The van der Waals surface area contributed by atoms with E-state index in [-0.39, 0.29) is 12.3 Å². The van der Waals surface area contributed by atoms with Gasteiger partial charge in [-0.15, -0.1) is 0 Å². The fourth-order valence-corrected chi connectivity index (χ4v) is 3.35. The molecule has 0 heterocycles. The first-order valence-corrected chi connectivity index (χ1v) is 8.24. The Balaban J connectivity index is 1.97. The number of hydrogen-bond acceptors (Lipinski definition) is 2. The van der Waals surface area contributed by atoms with Crippen molar-refractivity contribution in [3.05, 3.63) is 33.8 Å². The molecule has 2 amide bonds. The lowest BCUT2D eigenvalue weighted by atomic mass is 10.0. The molecule has 0 unspecified atom stereocenters. The van der Waals surface area contributed by atoms with E-state index in [9.17, 15) is 9.59 Å². The third kappa shape index (κ3) is 4.89. The molecule has 1 aromatic carbocycles. The van der Waals surface area contributed by atoms with E-state index in [1.54, 1.807) is 18.2 Å². The van der Waals surface area contributed by atoms with Gasteiger partial charge in [0, 0.05) is 22.9 Å². The summed E-state index contributed by atoms with van der Waals surface area (Å²) in [5.41, 5.74) is 6.13. The van der Waals surface area contributed by atoms with Gasteiger partial charge in [-0.25, -0.2) is 0 Å². The molecule has 0 aromatic heterocycles. The molecule has 0 saturated heterocycles. The molecule has 1 aliphatic carbocycles. The highest BCUT2D eigenvalue weighted by atomic mass is 35.5. The largest absolute Gasteiger partial charge is 0.368 e. The molecule has 120 valence electrons. The maximum atomic E-state index is 12.1. The average molecular weight is 343 g/mol. The first kappa shape index (κ1) is 17.1. The first-order chi connectivity index (χ1) is 10.5. The lowest BCUT2D eigenvalue weighted by molar-refractivity contribution is -0.127. The molecule has 1 aliphatic rings. The predicted octanol–water partition coefficient (Wildman–Crippen LogP) is 3.09. The van der Waals surface area contributed by atoms with Crippen LogP contribution in [-0.4, -0.2) is 17.9 Å². The Hall–Kier alpha value is -1.26. The van der Waals surface area contributed by atoms with Gasteiger partial charge in [-0.05, 0) is 36.5 Å². The van der Waals surface area contributed by atoms with Gasteiger partial charge in [0.1, 0.15) is 6.04 Å². The number of halogens is 2. The van der Waals surface area contributed by atoms with Crippen molar-refractivity contribution in [2.75, 3.05) is 0 Å². The zero-order chi connectivity index (χ0) is 16.1. The Morgan fingerprint density at radius 2 is 1.95 bits per heavy atom. The molecule has 6 heteroatoms. The number of carbonyl (C=O) groups excluding carboxylic acids is 2. The lowest BCUT2D eigenvalue weighted by Gasteiger charge is -2.18. The quantitative estimate of drug-likeness (QED) is 0.833. The summed E-state index contributed by atoms with van der Waals surface area (Å²) in [6.45, 7) is 0. The number of carbonyl (C=O) groups is 2. The van der Waals surface area contributed by atoms with Crippen LogP contribution < -0.4 is 11.1 Å². The van der Waals surface area contributed by atoms with Crippen molar-refractivity contribution in [1.29, 1.82) is 0 Å². The molecule has 3 N–H and O–H groups in total. The van der Waals surface area contributed by atoms with Crippen LogP contribution in [0, 0.1) is 5.92 Å². The minimum absolute atomic E-state index is 0.124. The van der Waals surface area contributed by atoms with Crippen LogP contribution in [0.4, 0.5) is 0 Å². The second kappa shape index (κ2) is 7.84. The Morgan fingerprint density at radius 3 is 2.55 bits per heavy atom. The minimum atomic E-state index is -0.757. The van der Waals surface area contributed by atoms with E-state index >= 15 is 0 Å². The number of rotatable bonds is 6. The SMILES string of the molecule is NC(=O)[C@@H](Cc1ccc(Cl)cc1Cl)NC(=O)CC1CCCC1. The first-order valence-electron chi connectivity index (χ1n) is 7.48.